The van der Waals surface area contributed by atoms with E-state index in [0.29, 0.717) is 5.56 Å². The van der Waals surface area contributed by atoms with Crippen molar-refractivity contribution in [3.8, 4) is 0 Å². The number of hydrogen-bond donors (Lipinski definition) is 1. The van der Waals surface area contributed by atoms with Crippen molar-refractivity contribution in [1.82, 2.24) is 0 Å². The van der Waals surface area contributed by atoms with E-state index in [9.17, 15) is 4.79 Å². The van der Waals surface area contributed by atoms with Crippen LogP contribution in [0.5, 0.6) is 0 Å². The third-order valence-corrected chi connectivity index (χ3v) is 3.27. The zero-order valence-corrected chi connectivity index (χ0v) is 8.20. The summed E-state index contributed by atoms with van der Waals surface area (Å²) in [5.74, 6) is -0.856. The van der Waals surface area contributed by atoms with Gasteiger partial charge in [0.25, 0.3) is 0 Å². The zero-order chi connectivity index (χ0) is 8.27. The molecule has 0 heterocycles. The monoisotopic (exact) mass is 263 g/mol. The van der Waals surface area contributed by atoms with Gasteiger partial charge in [0.1, 0.15) is 0 Å². The SMILES string of the molecule is C[I-]c1ccc(C(=O)O)cc1. The quantitative estimate of drug-likeness (QED) is 0.509. The van der Waals surface area contributed by atoms with Crippen LogP contribution in [0.2, 0.25) is 0 Å². The second-order valence-electron chi connectivity index (χ2n) is 2.00. The van der Waals surface area contributed by atoms with Crippen molar-refractivity contribution in [2.75, 3.05) is 4.93 Å². The Balaban J connectivity index is 2.91. The van der Waals surface area contributed by atoms with Crippen LogP contribution in [-0.4, -0.2) is 16.0 Å². The number of alkyl halides is 1. The van der Waals surface area contributed by atoms with Gasteiger partial charge in [-0.15, -0.1) is 0 Å². The van der Waals surface area contributed by atoms with Crippen LogP contribution in [0.1, 0.15) is 10.4 Å². The molecule has 0 fully saturated rings. The van der Waals surface area contributed by atoms with Gasteiger partial charge in [-0.25, -0.2) is 0 Å². The van der Waals surface area contributed by atoms with Gasteiger partial charge in [0.2, 0.25) is 0 Å². The standard InChI is InChI=1S/C8H8IO2/c1-9-7-4-2-6(3-5-7)8(10)11/h2-5H,1H3,(H,10,11)/q-1. The van der Waals surface area contributed by atoms with Crippen molar-refractivity contribution < 1.29 is 31.1 Å². The first-order chi connectivity index (χ1) is 5.24. The summed E-state index contributed by atoms with van der Waals surface area (Å²) in [6.45, 7) is 0. The zero-order valence-electron chi connectivity index (χ0n) is 6.04. The van der Waals surface area contributed by atoms with Crippen LogP contribution in [-0.2, 0) is 0 Å². The predicted molar refractivity (Wildman–Crippen MR) is 38.0 cm³/mol. The molecule has 0 saturated heterocycles. The number of rotatable bonds is 2. The molecule has 0 atom stereocenters. The molecule has 0 amide bonds. The Labute approximate surface area is 75.5 Å². The molecule has 11 heavy (non-hydrogen) atoms. The van der Waals surface area contributed by atoms with E-state index in [0.717, 1.165) is 0 Å². The van der Waals surface area contributed by atoms with Crippen LogP contribution in [0.3, 0.4) is 0 Å². The minimum absolute atomic E-state index is 0.0838. The summed E-state index contributed by atoms with van der Waals surface area (Å²) in [6.07, 6.45) is 0. The fourth-order valence-corrected chi connectivity index (χ4v) is 1.80. The minimum atomic E-state index is -0.856. The molecule has 0 radical (unpaired) electrons. The van der Waals surface area contributed by atoms with Crippen molar-refractivity contribution in [2.45, 2.75) is 0 Å². The fourth-order valence-electron chi connectivity index (χ4n) is 0.718. The number of hydrogen-bond acceptors (Lipinski definition) is 1. The normalized spacial score (nSPS) is 9.91. The molecule has 1 aromatic carbocycles. The fraction of sp³-hybridized carbons (Fsp3) is 0.125. The summed E-state index contributed by atoms with van der Waals surface area (Å²) in [7, 11) is 0. The molecule has 3 heteroatoms. The molecular formula is C8H8IO2-. The van der Waals surface area contributed by atoms with Crippen LogP contribution in [0.4, 0.5) is 0 Å². The Bertz CT molecular complexity index is 253. The third-order valence-electron chi connectivity index (χ3n) is 1.31. The van der Waals surface area contributed by atoms with E-state index in [1.165, 1.54) is 3.57 Å². The Morgan fingerprint density at radius 1 is 1.36 bits per heavy atom. The number of carbonyl (C=O) groups is 1. The molecule has 1 rings (SSSR count). The van der Waals surface area contributed by atoms with Gasteiger partial charge in [0.15, 0.2) is 0 Å². The van der Waals surface area contributed by atoms with Crippen LogP contribution >= 0.6 is 0 Å². The van der Waals surface area contributed by atoms with Crippen LogP contribution in [0, 0.1) is 3.57 Å². The van der Waals surface area contributed by atoms with Crippen molar-refractivity contribution >= 4 is 5.97 Å². The van der Waals surface area contributed by atoms with Gasteiger partial charge < -0.3 is 0 Å². The summed E-state index contributed by atoms with van der Waals surface area (Å²) < 4.78 is 1.27. The van der Waals surface area contributed by atoms with Gasteiger partial charge in [0.05, 0.1) is 0 Å². The van der Waals surface area contributed by atoms with E-state index in [2.05, 4.69) is 4.93 Å². The van der Waals surface area contributed by atoms with E-state index < -0.39 is 5.97 Å². The van der Waals surface area contributed by atoms with Gasteiger partial charge in [-0.3, -0.25) is 0 Å². The molecule has 0 aliphatic carbocycles. The number of carboxylic acid groups (broad SMARTS) is 1. The molecule has 1 aromatic rings. The topological polar surface area (TPSA) is 37.3 Å². The van der Waals surface area contributed by atoms with Gasteiger partial charge >= 0.3 is 75.4 Å². The van der Waals surface area contributed by atoms with Crippen molar-refractivity contribution in [3.05, 3.63) is 33.4 Å². The van der Waals surface area contributed by atoms with Gasteiger partial charge in [-0.1, -0.05) is 0 Å². The first kappa shape index (κ1) is 8.52. The second kappa shape index (κ2) is 3.71. The maximum atomic E-state index is 10.4. The summed E-state index contributed by atoms with van der Waals surface area (Å²) in [4.78, 5) is 12.6. The summed E-state index contributed by atoms with van der Waals surface area (Å²) in [6, 6.07) is 7.08. The number of benzene rings is 1. The van der Waals surface area contributed by atoms with E-state index in [4.69, 9.17) is 5.11 Å². The second-order valence-corrected chi connectivity index (χ2v) is 4.33. The molecule has 2 nitrogen and oxygen atoms in total. The van der Waals surface area contributed by atoms with Crippen LogP contribution in [0.15, 0.2) is 24.3 Å². The van der Waals surface area contributed by atoms with E-state index in [-0.39, 0.29) is 21.2 Å². The summed E-state index contributed by atoms with van der Waals surface area (Å²) in [5.41, 5.74) is 0.367. The molecule has 0 saturated carbocycles. The van der Waals surface area contributed by atoms with Crippen molar-refractivity contribution in [2.24, 2.45) is 0 Å². The Kier molecular flexibility index (Phi) is 2.87. The molecule has 0 aromatic heterocycles. The summed E-state index contributed by atoms with van der Waals surface area (Å²) >= 11 is 0.0838. The van der Waals surface area contributed by atoms with Crippen molar-refractivity contribution in [3.63, 3.8) is 0 Å². The van der Waals surface area contributed by atoms with E-state index >= 15 is 0 Å². The van der Waals surface area contributed by atoms with Crippen molar-refractivity contribution in [1.29, 1.82) is 0 Å². The molecule has 60 valence electrons. The molecule has 0 bridgehead atoms. The number of carboxylic acids is 1. The average molecular weight is 263 g/mol. The van der Waals surface area contributed by atoms with E-state index in [1.54, 1.807) is 12.1 Å². The Morgan fingerprint density at radius 2 is 1.91 bits per heavy atom. The molecule has 0 aliphatic heterocycles. The molecule has 0 spiro atoms. The number of aromatic carboxylic acids is 1. The average Bonchev–Trinajstić information content (AvgIpc) is 2.05. The van der Waals surface area contributed by atoms with E-state index in [1.807, 2.05) is 12.1 Å². The van der Waals surface area contributed by atoms with Gasteiger partial charge in [-0.05, 0) is 0 Å². The first-order valence-electron chi connectivity index (χ1n) is 3.07. The predicted octanol–water partition coefficient (Wildman–Crippen LogP) is -1.73. The molecule has 1 N–H and O–H groups in total. The Hall–Kier alpha value is -0.580. The maximum absolute atomic E-state index is 10.4. The molecule has 0 aliphatic rings. The van der Waals surface area contributed by atoms with Gasteiger partial charge in [0, 0.05) is 0 Å². The summed E-state index contributed by atoms with van der Waals surface area (Å²) in [5, 5.41) is 8.56. The first-order valence-corrected chi connectivity index (χ1v) is 6.30. The van der Waals surface area contributed by atoms with Crippen LogP contribution < -0.4 is 21.2 Å². The van der Waals surface area contributed by atoms with Crippen LogP contribution in [0.25, 0.3) is 0 Å². The molecule has 0 unspecified atom stereocenters. The Morgan fingerprint density at radius 3 is 2.27 bits per heavy atom. The molecular weight excluding hydrogens is 255 g/mol. The third kappa shape index (κ3) is 2.18. The van der Waals surface area contributed by atoms with Gasteiger partial charge in [-0.2, -0.15) is 0 Å². The number of halogens is 1.